The highest BCUT2D eigenvalue weighted by molar-refractivity contribution is 7.15. The van der Waals surface area contributed by atoms with Gasteiger partial charge in [0.2, 0.25) is 0 Å². The Balaban J connectivity index is 0.00000111. The molecule has 31 heavy (non-hydrogen) atoms. The van der Waals surface area contributed by atoms with E-state index < -0.39 is 0 Å². The normalized spacial score (nSPS) is 20.4. The fourth-order valence-corrected chi connectivity index (χ4v) is 4.88. The first-order chi connectivity index (χ1) is 14.5. The Morgan fingerprint density at radius 3 is 2.42 bits per heavy atom. The van der Waals surface area contributed by atoms with Crippen LogP contribution in [-0.2, 0) is 11.2 Å². The van der Waals surface area contributed by atoms with Gasteiger partial charge in [0, 0.05) is 22.6 Å². The van der Waals surface area contributed by atoms with Crippen molar-refractivity contribution in [1.82, 2.24) is 0 Å². The molecule has 1 aliphatic rings. The molecule has 3 atom stereocenters. The molecule has 4 rings (SSSR count). The molecule has 0 radical (unpaired) electrons. The monoisotopic (exact) mass is 442 g/mol. The second-order valence-corrected chi connectivity index (χ2v) is 8.86. The van der Waals surface area contributed by atoms with Crippen LogP contribution in [0.25, 0.3) is 10.4 Å². The summed E-state index contributed by atoms with van der Waals surface area (Å²) in [6.45, 7) is 8.15. The Hall–Kier alpha value is -2.01. The summed E-state index contributed by atoms with van der Waals surface area (Å²) in [6.07, 6.45) is 1.95. The van der Waals surface area contributed by atoms with E-state index in [1.807, 2.05) is 32.9 Å². The van der Waals surface area contributed by atoms with E-state index in [-0.39, 0.29) is 31.6 Å². The molecular weight excluding hydrogens is 407 g/mol. The number of aliphatic hydroxyl groups excluding tert-OH is 1. The maximum absolute atomic E-state index is 13.2. The van der Waals surface area contributed by atoms with Crippen molar-refractivity contribution in [3.05, 3.63) is 82.0 Å². The van der Waals surface area contributed by atoms with E-state index in [2.05, 4.69) is 37.3 Å². The molecule has 168 valence electrons. The van der Waals surface area contributed by atoms with Crippen molar-refractivity contribution in [1.29, 1.82) is 0 Å². The van der Waals surface area contributed by atoms with Crippen LogP contribution in [0, 0.1) is 12.7 Å². The first-order valence-electron chi connectivity index (χ1n) is 10.8. The van der Waals surface area contributed by atoms with Crippen molar-refractivity contribution in [2.24, 2.45) is 0 Å². The lowest BCUT2D eigenvalue weighted by Crippen LogP contribution is -2.29. The number of benzene rings is 2. The van der Waals surface area contributed by atoms with Crippen molar-refractivity contribution in [3.63, 3.8) is 0 Å². The number of thiophene rings is 1. The van der Waals surface area contributed by atoms with E-state index in [4.69, 9.17) is 4.74 Å². The molecule has 1 fully saturated rings. The third kappa shape index (κ3) is 6.49. The highest BCUT2D eigenvalue weighted by Gasteiger charge is 2.27. The lowest BCUT2D eigenvalue weighted by Gasteiger charge is -2.32. The van der Waals surface area contributed by atoms with E-state index in [1.165, 1.54) is 28.1 Å². The van der Waals surface area contributed by atoms with Crippen molar-refractivity contribution >= 4 is 11.3 Å². The molecule has 0 aliphatic carbocycles. The minimum absolute atomic E-state index is 0. The third-order valence-electron chi connectivity index (χ3n) is 5.39. The molecule has 4 heteroatoms. The van der Waals surface area contributed by atoms with Gasteiger partial charge in [-0.2, -0.15) is 0 Å². The molecule has 0 unspecified atom stereocenters. The third-order valence-corrected chi connectivity index (χ3v) is 6.52. The quantitative estimate of drug-likeness (QED) is 0.448. The summed E-state index contributed by atoms with van der Waals surface area (Å²) >= 11 is 1.74. The van der Waals surface area contributed by atoms with Gasteiger partial charge in [-0.3, -0.25) is 0 Å². The number of aryl methyl sites for hydroxylation is 1. The number of hydrogen-bond donors (Lipinski definition) is 1. The first kappa shape index (κ1) is 25.3. The van der Waals surface area contributed by atoms with Crippen LogP contribution in [0.1, 0.15) is 68.7 Å². The Bertz CT molecular complexity index is 938. The molecule has 3 aromatic rings. The summed E-state index contributed by atoms with van der Waals surface area (Å²) in [7, 11) is 0. The summed E-state index contributed by atoms with van der Waals surface area (Å²) in [5.41, 5.74) is 4.72. The second kappa shape index (κ2) is 11.6. The van der Waals surface area contributed by atoms with Crippen molar-refractivity contribution in [2.45, 2.75) is 72.7 Å². The molecule has 1 aliphatic heterocycles. The fourth-order valence-electron chi connectivity index (χ4n) is 3.84. The fraction of sp³-hybridized carbons (Fsp3) is 0.407. The van der Waals surface area contributed by atoms with Gasteiger partial charge in [-0.05, 0) is 66.8 Å². The average Bonchev–Trinajstić information content (AvgIpc) is 3.19. The zero-order valence-electron chi connectivity index (χ0n) is 18.2. The average molecular weight is 443 g/mol. The van der Waals surface area contributed by atoms with Crippen LogP contribution in [0.5, 0.6) is 0 Å². The van der Waals surface area contributed by atoms with Crippen LogP contribution in [0.3, 0.4) is 0 Å². The number of hydrogen-bond acceptors (Lipinski definition) is 3. The molecule has 0 bridgehead atoms. The summed E-state index contributed by atoms with van der Waals surface area (Å²) in [4.78, 5) is 2.42. The predicted octanol–water partition coefficient (Wildman–Crippen LogP) is 7.72. The van der Waals surface area contributed by atoms with Gasteiger partial charge in [-0.1, -0.05) is 51.6 Å². The van der Waals surface area contributed by atoms with Gasteiger partial charge >= 0.3 is 0 Å². The molecule has 0 amide bonds. The molecule has 1 saturated heterocycles. The number of rotatable bonds is 4. The van der Waals surface area contributed by atoms with E-state index >= 15 is 0 Å². The van der Waals surface area contributed by atoms with Gasteiger partial charge in [0.1, 0.15) is 5.82 Å². The second-order valence-electron chi connectivity index (χ2n) is 7.70. The highest BCUT2D eigenvalue weighted by atomic mass is 32.1. The predicted molar refractivity (Wildman–Crippen MR) is 130 cm³/mol. The number of aliphatic hydroxyl groups is 1. The van der Waals surface area contributed by atoms with E-state index in [9.17, 15) is 9.50 Å². The Morgan fingerprint density at radius 1 is 1.03 bits per heavy atom. The van der Waals surface area contributed by atoms with Crippen LogP contribution in [0.15, 0.2) is 54.6 Å². The summed E-state index contributed by atoms with van der Waals surface area (Å²) in [6, 6.07) is 17.4. The molecule has 1 N–H and O–H groups in total. The number of halogens is 1. The first-order valence-corrected chi connectivity index (χ1v) is 11.6. The van der Waals surface area contributed by atoms with E-state index in [0.717, 1.165) is 22.4 Å². The Morgan fingerprint density at radius 2 is 1.74 bits per heavy atom. The van der Waals surface area contributed by atoms with Crippen molar-refractivity contribution < 1.29 is 14.2 Å². The molecule has 1 aromatic heterocycles. The van der Waals surface area contributed by atoms with Gasteiger partial charge < -0.3 is 9.84 Å². The maximum atomic E-state index is 13.2. The molecular formula is C27H35FO2S. The SMILES string of the molecule is C.CC.Cc1ccc([C@H]2C[C@@H](O)C[C@@H](C)O2)cc1Cc1ccc(-c2ccc(F)cc2)s1. The van der Waals surface area contributed by atoms with Crippen LogP contribution in [0.2, 0.25) is 0 Å². The maximum Gasteiger partial charge on any atom is 0.123 e. The lowest BCUT2D eigenvalue weighted by molar-refractivity contribution is -0.0895. The molecule has 2 heterocycles. The summed E-state index contributed by atoms with van der Waals surface area (Å²) in [5, 5.41) is 10.1. The summed E-state index contributed by atoms with van der Waals surface area (Å²) < 4.78 is 19.2. The molecule has 0 saturated carbocycles. The molecule has 2 aromatic carbocycles. The van der Waals surface area contributed by atoms with E-state index in [1.54, 1.807) is 11.3 Å². The van der Waals surface area contributed by atoms with Crippen LogP contribution in [0.4, 0.5) is 4.39 Å². The van der Waals surface area contributed by atoms with Crippen molar-refractivity contribution in [2.75, 3.05) is 0 Å². The van der Waals surface area contributed by atoms with Gasteiger partial charge in [0.25, 0.3) is 0 Å². The van der Waals surface area contributed by atoms with Crippen LogP contribution < -0.4 is 0 Å². The lowest BCUT2D eigenvalue weighted by atomic mass is 9.93. The Labute approximate surface area is 190 Å². The van der Waals surface area contributed by atoms with Gasteiger partial charge in [0.05, 0.1) is 18.3 Å². The van der Waals surface area contributed by atoms with Crippen LogP contribution in [-0.4, -0.2) is 17.3 Å². The Kier molecular flexibility index (Phi) is 9.42. The number of ether oxygens (including phenoxy) is 1. The summed E-state index contributed by atoms with van der Waals surface area (Å²) in [5.74, 6) is -0.211. The molecule has 0 spiro atoms. The topological polar surface area (TPSA) is 29.5 Å². The standard InChI is InChI=1S/C24H25FO2S.C2H6.CH4/c1-15-3-4-18(23-14-21(26)11-16(2)27-23)12-19(15)13-22-9-10-24(28-22)17-5-7-20(25)8-6-17;1-2;/h3-10,12,16,21,23,26H,11,13-14H2,1-2H3;1-2H3;1H4/t16-,21+,23-;;/m1../s1. The van der Waals surface area contributed by atoms with Gasteiger partial charge in [-0.25, -0.2) is 4.39 Å². The van der Waals surface area contributed by atoms with E-state index in [0.29, 0.717) is 12.8 Å². The van der Waals surface area contributed by atoms with Crippen LogP contribution >= 0.6 is 11.3 Å². The minimum Gasteiger partial charge on any atom is -0.393 e. The minimum atomic E-state index is -0.297. The smallest absolute Gasteiger partial charge is 0.123 e. The van der Waals surface area contributed by atoms with Gasteiger partial charge in [0.15, 0.2) is 0 Å². The molecule has 2 nitrogen and oxygen atoms in total. The van der Waals surface area contributed by atoms with Gasteiger partial charge in [-0.15, -0.1) is 11.3 Å². The zero-order valence-corrected chi connectivity index (χ0v) is 19.0. The zero-order chi connectivity index (χ0) is 21.7. The van der Waals surface area contributed by atoms with Crippen molar-refractivity contribution in [3.8, 4) is 10.4 Å². The largest absolute Gasteiger partial charge is 0.393 e. The highest BCUT2D eigenvalue weighted by Crippen LogP contribution is 2.34.